The van der Waals surface area contributed by atoms with E-state index in [4.69, 9.17) is 12.2 Å². The van der Waals surface area contributed by atoms with Crippen molar-refractivity contribution in [3.05, 3.63) is 0 Å². The summed E-state index contributed by atoms with van der Waals surface area (Å²) in [5, 5.41) is 2.87. The fourth-order valence-electron chi connectivity index (χ4n) is 1.82. The molecule has 2 atom stereocenters. The Morgan fingerprint density at radius 3 is 2.29 bits per heavy atom. The highest BCUT2D eigenvalue weighted by Gasteiger charge is 2.17. The van der Waals surface area contributed by atoms with E-state index in [2.05, 4.69) is 25.1 Å². The van der Waals surface area contributed by atoms with Gasteiger partial charge in [0.15, 0.2) is 0 Å². The number of hydrogen-bond donors (Lipinski definition) is 2. The molecule has 0 aliphatic rings. The first-order valence-corrected chi connectivity index (χ1v) is 6.36. The first-order valence-electron chi connectivity index (χ1n) is 6.36. The summed E-state index contributed by atoms with van der Waals surface area (Å²) in [6, 6.07) is -0.181. The number of nitrogens with two attached hydrogens (primary N) is 1. The highest BCUT2D eigenvalue weighted by molar-refractivity contribution is 5.77. The normalized spacial score (nSPS) is 14.5. The number of carbonyl (C=O) groups is 1. The molecule has 0 aromatic rings. The maximum absolute atomic E-state index is 11.8. The van der Waals surface area contributed by atoms with Gasteiger partial charge >= 0.3 is 0 Å². The zero-order valence-electron chi connectivity index (χ0n) is 11.5. The third kappa shape index (κ3) is 7.01. The molecule has 1 amide bonds. The van der Waals surface area contributed by atoms with Gasteiger partial charge in [-0.05, 0) is 30.7 Å². The van der Waals surface area contributed by atoms with E-state index < -0.39 is 0 Å². The summed E-state index contributed by atoms with van der Waals surface area (Å²) in [6.07, 6.45) is 6.83. The second-order valence-corrected chi connectivity index (χ2v) is 5.39. The number of amides is 1. The van der Waals surface area contributed by atoms with E-state index in [1.165, 1.54) is 0 Å². The van der Waals surface area contributed by atoms with Crippen molar-refractivity contribution in [1.29, 1.82) is 0 Å². The molecule has 0 rings (SSSR count). The topological polar surface area (TPSA) is 55.1 Å². The average molecular weight is 238 g/mol. The van der Waals surface area contributed by atoms with Gasteiger partial charge in [-0.1, -0.05) is 33.6 Å². The van der Waals surface area contributed by atoms with Crippen molar-refractivity contribution in [1.82, 2.24) is 5.32 Å². The van der Waals surface area contributed by atoms with E-state index >= 15 is 0 Å². The maximum atomic E-state index is 11.8. The molecule has 0 aromatic carbocycles. The van der Waals surface area contributed by atoms with Crippen molar-refractivity contribution in [3.63, 3.8) is 0 Å². The summed E-state index contributed by atoms with van der Waals surface area (Å²) in [6.45, 7) is 8.82. The Bertz CT molecular complexity index is 266. The summed E-state index contributed by atoms with van der Waals surface area (Å²) in [4.78, 5) is 11.8. The van der Waals surface area contributed by atoms with Crippen molar-refractivity contribution >= 4 is 5.91 Å². The standard InChI is InChI=1S/C14H26N2O/c1-6-13(11(4)5)16-14(17)8-12(9-15)7-10(2)3/h1,10-13H,7-9,15H2,2-5H3,(H,16,17). The third-order valence-electron chi connectivity index (χ3n) is 2.77. The van der Waals surface area contributed by atoms with Crippen LogP contribution in [0.4, 0.5) is 0 Å². The van der Waals surface area contributed by atoms with E-state index in [0.717, 1.165) is 6.42 Å². The van der Waals surface area contributed by atoms with E-state index in [-0.39, 0.29) is 23.8 Å². The van der Waals surface area contributed by atoms with Crippen LogP contribution in [0.25, 0.3) is 0 Å². The Morgan fingerprint density at radius 1 is 1.35 bits per heavy atom. The quantitative estimate of drug-likeness (QED) is 0.664. The van der Waals surface area contributed by atoms with Crippen LogP contribution in [-0.4, -0.2) is 18.5 Å². The largest absolute Gasteiger partial charge is 0.342 e. The molecule has 0 radical (unpaired) electrons. The van der Waals surface area contributed by atoms with Crippen molar-refractivity contribution in [2.75, 3.05) is 6.54 Å². The molecular formula is C14H26N2O. The van der Waals surface area contributed by atoms with Gasteiger partial charge in [-0.3, -0.25) is 4.79 Å². The van der Waals surface area contributed by atoms with Crippen LogP contribution in [0.1, 0.15) is 40.5 Å². The van der Waals surface area contributed by atoms with Gasteiger partial charge in [0.25, 0.3) is 0 Å². The lowest BCUT2D eigenvalue weighted by molar-refractivity contribution is -0.122. The number of carbonyl (C=O) groups excluding carboxylic acids is 1. The lowest BCUT2D eigenvalue weighted by atomic mass is 9.93. The summed E-state index contributed by atoms with van der Waals surface area (Å²) >= 11 is 0. The molecule has 3 heteroatoms. The number of terminal acetylenes is 1. The number of hydrogen-bond acceptors (Lipinski definition) is 2. The summed E-state index contributed by atoms with van der Waals surface area (Å²) in [5.74, 6) is 3.68. The minimum absolute atomic E-state index is 0.0118. The SMILES string of the molecule is C#CC(NC(=O)CC(CN)CC(C)C)C(C)C. The van der Waals surface area contributed by atoms with Crippen LogP contribution in [0.15, 0.2) is 0 Å². The zero-order valence-corrected chi connectivity index (χ0v) is 11.5. The van der Waals surface area contributed by atoms with Crippen LogP contribution < -0.4 is 11.1 Å². The molecule has 0 saturated heterocycles. The molecule has 0 aliphatic carbocycles. The zero-order chi connectivity index (χ0) is 13.4. The number of nitrogens with one attached hydrogen (secondary N) is 1. The third-order valence-corrected chi connectivity index (χ3v) is 2.77. The Labute approximate surface area is 106 Å². The fourth-order valence-corrected chi connectivity index (χ4v) is 1.82. The van der Waals surface area contributed by atoms with E-state index in [1.54, 1.807) is 0 Å². The molecule has 0 fully saturated rings. The van der Waals surface area contributed by atoms with Crippen LogP contribution in [0.2, 0.25) is 0 Å². The van der Waals surface area contributed by atoms with Gasteiger partial charge in [0.05, 0.1) is 6.04 Å². The molecule has 0 aliphatic heterocycles. The molecule has 0 heterocycles. The molecule has 17 heavy (non-hydrogen) atoms. The molecular weight excluding hydrogens is 212 g/mol. The van der Waals surface area contributed by atoms with Crippen molar-refractivity contribution < 1.29 is 4.79 Å². The van der Waals surface area contributed by atoms with E-state index in [9.17, 15) is 4.79 Å². The lowest BCUT2D eigenvalue weighted by Crippen LogP contribution is -2.39. The summed E-state index contributed by atoms with van der Waals surface area (Å²) in [7, 11) is 0. The van der Waals surface area contributed by atoms with E-state index in [1.807, 2.05) is 13.8 Å². The van der Waals surface area contributed by atoms with Gasteiger partial charge in [-0.25, -0.2) is 0 Å². The van der Waals surface area contributed by atoms with Gasteiger partial charge < -0.3 is 11.1 Å². The smallest absolute Gasteiger partial charge is 0.221 e. The van der Waals surface area contributed by atoms with Crippen molar-refractivity contribution in [2.45, 2.75) is 46.6 Å². The van der Waals surface area contributed by atoms with Gasteiger partial charge in [0, 0.05) is 6.42 Å². The first-order chi connectivity index (χ1) is 7.90. The number of rotatable bonds is 7. The van der Waals surface area contributed by atoms with Crippen LogP contribution in [0, 0.1) is 30.1 Å². The monoisotopic (exact) mass is 238 g/mol. The Morgan fingerprint density at radius 2 is 1.94 bits per heavy atom. The van der Waals surface area contributed by atoms with Crippen molar-refractivity contribution in [3.8, 4) is 12.3 Å². The molecule has 0 spiro atoms. The Balaban J connectivity index is 4.19. The minimum atomic E-state index is -0.181. The highest BCUT2D eigenvalue weighted by Crippen LogP contribution is 2.14. The lowest BCUT2D eigenvalue weighted by Gasteiger charge is -2.20. The molecule has 3 nitrogen and oxygen atoms in total. The van der Waals surface area contributed by atoms with Gasteiger partial charge in [-0.2, -0.15) is 0 Å². The maximum Gasteiger partial charge on any atom is 0.221 e. The minimum Gasteiger partial charge on any atom is -0.342 e. The predicted molar refractivity (Wildman–Crippen MR) is 72.2 cm³/mol. The molecule has 0 bridgehead atoms. The molecule has 3 N–H and O–H groups in total. The first kappa shape index (κ1) is 16.0. The van der Waals surface area contributed by atoms with Gasteiger partial charge in [0.2, 0.25) is 5.91 Å². The Hall–Kier alpha value is -1.01. The van der Waals surface area contributed by atoms with Crippen LogP contribution >= 0.6 is 0 Å². The van der Waals surface area contributed by atoms with Crippen LogP contribution in [0.3, 0.4) is 0 Å². The fraction of sp³-hybridized carbons (Fsp3) is 0.786. The second kappa shape index (κ2) is 8.14. The molecule has 98 valence electrons. The van der Waals surface area contributed by atoms with Gasteiger partial charge in [0.1, 0.15) is 0 Å². The highest BCUT2D eigenvalue weighted by atomic mass is 16.1. The summed E-state index contributed by atoms with van der Waals surface area (Å²) < 4.78 is 0. The van der Waals surface area contributed by atoms with Gasteiger partial charge in [-0.15, -0.1) is 6.42 Å². The predicted octanol–water partition coefficient (Wildman–Crippen LogP) is 1.77. The second-order valence-electron chi connectivity index (χ2n) is 5.39. The average Bonchev–Trinajstić information content (AvgIpc) is 2.23. The molecule has 2 unspecified atom stereocenters. The Kier molecular flexibility index (Phi) is 7.65. The van der Waals surface area contributed by atoms with Crippen LogP contribution in [-0.2, 0) is 4.79 Å². The molecule has 0 saturated carbocycles. The van der Waals surface area contributed by atoms with E-state index in [0.29, 0.717) is 18.9 Å². The van der Waals surface area contributed by atoms with Crippen molar-refractivity contribution in [2.24, 2.45) is 23.5 Å². The molecule has 0 aromatic heterocycles. The summed E-state index contributed by atoms with van der Waals surface area (Å²) in [5.41, 5.74) is 5.67. The van der Waals surface area contributed by atoms with Crippen LogP contribution in [0.5, 0.6) is 0 Å².